The molecule has 4 N–H and O–H groups in total. The number of rotatable bonds is 15. The van der Waals surface area contributed by atoms with Gasteiger partial charge in [0.1, 0.15) is 0 Å². The Morgan fingerprint density at radius 2 is 1.65 bits per heavy atom. The first-order chi connectivity index (χ1) is 18.0. The average molecular weight is 509 g/mol. The lowest BCUT2D eigenvalue weighted by atomic mass is 9.81. The summed E-state index contributed by atoms with van der Waals surface area (Å²) in [6.45, 7) is 9.71. The highest BCUT2D eigenvalue weighted by Gasteiger charge is 2.31. The Hall–Kier alpha value is -2.74. The van der Waals surface area contributed by atoms with Crippen molar-refractivity contribution in [2.45, 2.75) is 58.0 Å². The molecule has 7 nitrogen and oxygen atoms in total. The average Bonchev–Trinajstić information content (AvgIpc) is 3.43. The summed E-state index contributed by atoms with van der Waals surface area (Å²) in [5.74, 6) is -1.18. The van der Waals surface area contributed by atoms with Crippen molar-refractivity contribution < 1.29 is 14.7 Å². The van der Waals surface area contributed by atoms with Crippen molar-refractivity contribution in [1.82, 2.24) is 15.1 Å². The summed E-state index contributed by atoms with van der Waals surface area (Å²) < 4.78 is 0. The van der Waals surface area contributed by atoms with Crippen molar-refractivity contribution >= 4 is 11.8 Å². The van der Waals surface area contributed by atoms with Gasteiger partial charge in [0, 0.05) is 49.8 Å². The van der Waals surface area contributed by atoms with Crippen LogP contribution in [0.1, 0.15) is 77.3 Å². The monoisotopic (exact) mass is 508 g/mol. The predicted octanol–water partition coefficient (Wildman–Crippen LogP) is 3.42. The molecule has 1 aliphatic heterocycles. The van der Waals surface area contributed by atoms with Crippen LogP contribution in [0.2, 0.25) is 0 Å². The van der Waals surface area contributed by atoms with Crippen LogP contribution in [0.15, 0.2) is 48.5 Å². The smallest absolute Gasteiger partial charge is 0.254 e. The third-order valence-electron chi connectivity index (χ3n) is 7.17. The Morgan fingerprint density at radius 3 is 2.27 bits per heavy atom. The SMILES string of the molecule is CCCN(CCC)C(=O)c1cccc(C(N)=O)c1[C@H](Cc1ccccc1)[C@@H](O)CNCCN1CCCC1. The number of hydrogen-bond donors (Lipinski definition) is 3. The number of likely N-dealkylation sites (tertiary alicyclic amines) is 1. The van der Waals surface area contributed by atoms with Gasteiger partial charge in [-0.3, -0.25) is 9.59 Å². The third-order valence-corrected chi connectivity index (χ3v) is 7.17. The van der Waals surface area contributed by atoms with E-state index in [0.717, 1.165) is 44.6 Å². The fraction of sp³-hybridized carbons (Fsp3) is 0.533. The standard InChI is InChI=1S/C30H44N4O3/c1-3-16-34(17-4-2)30(37)25-14-10-13-24(29(31)36)28(25)26(21-23-11-6-5-7-12-23)27(35)22-32-15-20-33-18-8-9-19-33/h5-7,10-14,26-27,32,35H,3-4,8-9,15-22H2,1-2H3,(H2,31,36)/t26-,27+/m1/s1. The van der Waals surface area contributed by atoms with Crippen molar-refractivity contribution in [2.75, 3.05) is 45.8 Å². The highest BCUT2D eigenvalue weighted by Crippen LogP contribution is 2.32. The Labute approximate surface area is 222 Å². The second-order valence-corrected chi connectivity index (χ2v) is 10.0. The molecule has 2 amide bonds. The van der Waals surface area contributed by atoms with Crippen molar-refractivity contribution in [3.8, 4) is 0 Å². The number of carbonyl (C=O) groups excluding carboxylic acids is 2. The first-order valence-electron chi connectivity index (χ1n) is 13.8. The molecular weight excluding hydrogens is 464 g/mol. The van der Waals surface area contributed by atoms with Gasteiger partial charge in [-0.25, -0.2) is 0 Å². The topological polar surface area (TPSA) is 98.9 Å². The number of hydrogen-bond acceptors (Lipinski definition) is 5. The molecule has 2 atom stereocenters. The van der Waals surface area contributed by atoms with Crippen LogP contribution in [0.4, 0.5) is 0 Å². The zero-order chi connectivity index (χ0) is 26.6. The molecule has 2 aromatic rings. The van der Waals surface area contributed by atoms with Crippen LogP contribution in [-0.4, -0.2) is 78.6 Å². The Kier molecular flexibility index (Phi) is 11.6. The first-order valence-corrected chi connectivity index (χ1v) is 13.8. The molecule has 0 bridgehead atoms. The van der Waals surface area contributed by atoms with E-state index in [-0.39, 0.29) is 5.91 Å². The van der Waals surface area contributed by atoms with E-state index in [1.165, 1.54) is 12.8 Å². The van der Waals surface area contributed by atoms with Crippen LogP contribution >= 0.6 is 0 Å². The number of carbonyl (C=O) groups is 2. The van der Waals surface area contributed by atoms with E-state index >= 15 is 0 Å². The molecule has 1 fully saturated rings. The predicted molar refractivity (Wildman–Crippen MR) is 149 cm³/mol. The fourth-order valence-corrected chi connectivity index (χ4v) is 5.33. The minimum atomic E-state index is -0.809. The summed E-state index contributed by atoms with van der Waals surface area (Å²) >= 11 is 0. The van der Waals surface area contributed by atoms with Crippen LogP contribution in [0, 0.1) is 0 Å². The Morgan fingerprint density at radius 1 is 1.00 bits per heavy atom. The summed E-state index contributed by atoms with van der Waals surface area (Å²) in [5.41, 5.74) is 8.17. The van der Waals surface area contributed by atoms with Gasteiger partial charge in [-0.2, -0.15) is 0 Å². The molecule has 1 saturated heterocycles. The zero-order valence-electron chi connectivity index (χ0n) is 22.5. The molecule has 0 unspecified atom stereocenters. The molecule has 1 aliphatic rings. The van der Waals surface area contributed by atoms with Crippen LogP contribution in [-0.2, 0) is 6.42 Å². The molecule has 2 aromatic carbocycles. The molecule has 0 radical (unpaired) electrons. The highest BCUT2D eigenvalue weighted by atomic mass is 16.3. The van der Waals surface area contributed by atoms with Crippen LogP contribution in [0.25, 0.3) is 0 Å². The molecule has 7 heteroatoms. The second kappa shape index (κ2) is 14.9. The van der Waals surface area contributed by atoms with E-state index in [1.807, 2.05) is 49.1 Å². The molecule has 0 aromatic heterocycles. The fourth-order valence-electron chi connectivity index (χ4n) is 5.33. The van der Waals surface area contributed by atoms with Gasteiger partial charge in [-0.1, -0.05) is 50.2 Å². The van der Waals surface area contributed by atoms with Crippen molar-refractivity contribution in [2.24, 2.45) is 5.73 Å². The van der Waals surface area contributed by atoms with E-state index in [2.05, 4.69) is 10.2 Å². The number of benzene rings is 2. The van der Waals surface area contributed by atoms with Gasteiger partial charge in [-0.05, 0) is 68.5 Å². The van der Waals surface area contributed by atoms with E-state index in [9.17, 15) is 14.7 Å². The summed E-state index contributed by atoms with van der Waals surface area (Å²) in [6.07, 6.45) is 3.85. The molecule has 3 rings (SSSR count). The summed E-state index contributed by atoms with van der Waals surface area (Å²) in [4.78, 5) is 30.6. The number of amides is 2. The van der Waals surface area contributed by atoms with E-state index in [0.29, 0.717) is 42.7 Å². The lowest BCUT2D eigenvalue weighted by Gasteiger charge is -2.30. The van der Waals surface area contributed by atoms with Gasteiger partial charge >= 0.3 is 0 Å². The van der Waals surface area contributed by atoms with Crippen molar-refractivity contribution in [3.63, 3.8) is 0 Å². The molecule has 0 aliphatic carbocycles. The van der Waals surface area contributed by atoms with Gasteiger partial charge in [0.05, 0.1) is 6.10 Å². The first kappa shape index (κ1) is 28.8. The minimum Gasteiger partial charge on any atom is -0.391 e. The van der Waals surface area contributed by atoms with Crippen LogP contribution in [0.3, 0.4) is 0 Å². The van der Waals surface area contributed by atoms with Crippen molar-refractivity contribution in [1.29, 1.82) is 0 Å². The molecule has 0 spiro atoms. The van der Waals surface area contributed by atoms with Crippen molar-refractivity contribution in [3.05, 3.63) is 70.8 Å². The maximum Gasteiger partial charge on any atom is 0.254 e. The molecule has 0 saturated carbocycles. The van der Waals surface area contributed by atoms with Gasteiger partial charge < -0.3 is 26.0 Å². The summed E-state index contributed by atoms with van der Waals surface area (Å²) in [5, 5.41) is 14.9. The number of nitrogens with two attached hydrogens (primary N) is 1. The van der Waals surface area contributed by atoms with Gasteiger partial charge in [0.2, 0.25) is 5.91 Å². The quantitative estimate of drug-likeness (QED) is 0.320. The zero-order valence-corrected chi connectivity index (χ0v) is 22.5. The third kappa shape index (κ3) is 8.12. The normalized spacial score (nSPS) is 15.4. The molecular formula is C30H44N4O3. The Bertz CT molecular complexity index is 986. The maximum absolute atomic E-state index is 13.8. The molecule has 1 heterocycles. The summed E-state index contributed by atoms with van der Waals surface area (Å²) in [6, 6.07) is 15.1. The largest absolute Gasteiger partial charge is 0.391 e. The van der Waals surface area contributed by atoms with Crippen LogP contribution in [0.5, 0.6) is 0 Å². The molecule has 202 valence electrons. The van der Waals surface area contributed by atoms with E-state index < -0.39 is 17.9 Å². The number of aliphatic hydroxyl groups is 1. The lowest BCUT2D eigenvalue weighted by molar-refractivity contribution is 0.0751. The second-order valence-electron chi connectivity index (χ2n) is 10.0. The van der Waals surface area contributed by atoms with Gasteiger partial charge in [0.15, 0.2) is 0 Å². The highest BCUT2D eigenvalue weighted by molar-refractivity contribution is 6.02. The number of primary amides is 1. The number of nitrogens with one attached hydrogen (secondary N) is 1. The van der Waals surface area contributed by atoms with Gasteiger partial charge in [0.25, 0.3) is 5.91 Å². The van der Waals surface area contributed by atoms with E-state index in [1.54, 1.807) is 18.2 Å². The maximum atomic E-state index is 13.8. The Balaban J connectivity index is 1.94. The lowest BCUT2D eigenvalue weighted by Crippen LogP contribution is -2.39. The van der Waals surface area contributed by atoms with E-state index in [4.69, 9.17) is 5.73 Å². The molecule has 37 heavy (non-hydrogen) atoms. The van der Waals surface area contributed by atoms with Crippen LogP contribution < -0.4 is 11.1 Å². The minimum absolute atomic E-state index is 0.117. The van der Waals surface area contributed by atoms with Gasteiger partial charge in [-0.15, -0.1) is 0 Å². The number of aliphatic hydroxyl groups excluding tert-OH is 1. The summed E-state index contributed by atoms with van der Waals surface area (Å²) in [7, 11) is 0. The number of nitrogens with zero attached hydrogens (tertiary/aromatic N) is 2.